The van der Waals surface area contributed by atoms with Gasteiger partial charge in [-0.25, -0.2) is 4.85 Å². The van der Waals surface area contributed by atoms with Crippen LogP contribution in [0.2, 0.25) is 0 Å². The number of para-hydroxylation sites is 1. The van der Waals surface area contributed by atoms with Gasteiger partial charge in [0, 0.05) is 24.2 Å². The van der Waals surface area contributed by atoms with E-state index >= 15 is 0 Å². The van der Waals surface area contributed by atoms with E-state index in [9.17, 15) is 4.79 Å². The summed E-state index contributed by atoms with van der Waals surface area (Å²) in [6, 6.07) is 10.5. The van der Waals surface area contributed by atoms with E-state index in [-0.39, 0.29) is 11.2 Å². The fourth-order valence-electron chi connectivity index (χ4n) is 3.97. The van der Waals surface area contributed by atoms with Crippen molar-refractivity contribution in [1.29, 1.82) is 0 Å². The first-order chi connectivity index (χ1) is 10.5. The summed E-state index contributed by atoms with van der Waals surface area (Å²) >= 11 is 0. The van der Waals surface area contributed by atoms with Crippen molar-refractivity contribution in [2.45, 2.75) is 33.1 Å². The highest BCUT2D eigenvalue weighted by Crippen LogP contribution is 2.49. The van der Waals surface area contributed by atoms with Crippen molar-refractivity contribution in [3.63, 3.8) is 0 Å². The highest BCUT2D eigenvalue weighted by molar-refractivity contribution is 6.02. The maximum absolute atomic E-state index is 12.3. The van der Waals surface area contributed by atoms with E-state index in [0.29, 0.717) is 5.70 Å². The van der Waals surface area contributed by atoms with E-state index in [0.717, 1.165) is 32.4 Å². The van der Waals surface area contributed by atoms with Crippen LogP contribution in [0.15, 0.2) is 42.1 Å². The molecule has 1 aromatic rings. The van der Waals surface area contributed by atoms with Crippen LogP contribution < -0.4 is 4.90 Å². The maximum atomic E-state index is 12.3. The van der Waals surface area contributed by atoms with E-state index in [4.69, 9.17) is 6.57 Å². The van der Waals surface area contributed by atoms with Crippen molar-refractivity contribution in [2.75, 3.05) is 18.0 Å². The largest absolute Gasteiger partial charge is 0.371 e. The molecule has 0 bridgehead atoms. The molecule has 1 aliphatic heterocycles. The number of ketones is 1. The number of Topliss-reactive ketones (excluding diaryl/α,β-unsaturated/α-hetero) is 1. The van der Waals surface area contributed by atoms with Gasteiger partial charge in [-0.3, -0.25) is 0 Å². The molecule has 3 rings (SSSR count). The molecule has 0 unspecified atom stereocenters. The quantitative estimate of drug-likeness (QED) is 0.729. The lowest BCUT2D eigenvalue weighted by Gasteiger charge is -2.47. The summed E-state index contributed by atoms with van der Waals surface area (Å²) in [6.45, 7) is 13.2. The number of carbonyl (C=O) groups is 1. The molecule has 1 aliphatic carbocycles. The predicted octanol–water partition coefficient (Wildman–Crippen LogP) is 4.08. The number of anilines is 1. The zero-order chi connectivity index (χ0) is 15.8. The molecule has 0 radical (unpaired) electrons. The SMILES string of the molecule is [C-]#[N+]C1=CC2(CCN(c3ccccc3)CC2)CC(C)(C)C1=O. The number of rotatable bonds is 1. The van der Waals surface area contributed by atoms with Crippen molar-refractivity contribution in [1.82, 2.24) is 0 Å². The second-order valence-electron chi connectivity index (χ2n) is 7.22. The zero-order valence-electron chi connectivity index (χ0n) is 13.3. The van der Waals surface area contributed by atoms with E-state index in [1.165, 1.54) is 5.69 Å². The second-order valence-corrected chi connectivity index (χ2v) is 7.22. The third-order valence-corrected chi connectivity index (χ3v) is 5.09. The minimum atomic E-state index is -0.413. The Balaban J connectivity index is 1.82. The van der Waals surface area contributed by atoms with Crippen molar-refractivity contribution < 1.29 is 4.79 Å². The van der Waals surface area contributed by atoms with Crippen LogP contribution in [0.4, 0.5) is 5.69 Å². The first-order valence-electron chi connectivity index (χ1n) is 7.91. The molecule has 1 saturated heterocycles. The van der Waals surface area contributed by atoms with Crippen LogP contribution >= 0.6 is 0 Å². The van der Waals surface area contributed by atoms with Gasteiger partial charge in [0.2, 0.25) is 5.70 Å². The fraction of sp³-hybridized carbons (Fsp3) is 0.474. The molecule has 0 saturated carbocycles. The normalized spacial score (nSPS) is 23.0. The summed E-state index contributed by atoms with van der Waals surface area (Å²) < 4.78 is 0. The molecular weight excluding hydrogens is 272 g/mol. The molecule has 0 amide bonds. The van der Waals surface area contributed by atoms with Crippen LogP contribution in [0, 0.1) is 17.4 Å². The minimum Gasteiger partial charge on any atom is -0.371 e. The molecule has 1 fully saturated rings. The van der Waals surface area contributed by atoms with Gasteiger partial charge in [-0.2, -0.15) is 0 Å². The summed E-state index contributed by atoms with van der Waals surface area (Å²) in [6.07, 6.45) is 4.87. The van der Waals surface area contributed by atoms with E-state index < -0.39 is 5.41 Å². The molecule has 0 aromatic heterocycles. The van der Waals surface area contributed by atoms with Gasteiger partial charge in [-0.05, 0) is 36.8 Å². The number of piperidine rings is 1. The smallest absolute Gasteiger partial charge is 0.226 e. The van der Waals surface area contributed by atoms with Crippen LogP contribution in [0.5, 0.6) is 0 Å². The van der Waals surface area contributed by atoms with E-state index in [2.05, 4.69) is 34.0 Å². The average molecular weight is 294 g/mol. The third-order valence-electron chi connectivity index (χ3n) is 5.09. The lowest BCUT2D eigenvalue weighted by molar-refractivity contribution is -0.125. The van der Waals surface area contributed by atoms with Gasteiger partial charge in [0.05, 0.1) is 6.57 Å². The second kappa shape index (κ2) is 5.28. The van der Waals surface area contributed by atoms with Gasteiger partial charge >= 0.3 is 0 Å². The Morgan fingerprint density at radius 2 is 1.77 bits per heavy atom. The van der Waals surface area contributed by atoms with Gasteiger partial charge in [0.15, 0.2) is 5.78 Å². The Bertz CT molecular complexity index is 644. The summed E-state index contributed by atoms with van der Waals surface area (Å²) in [5.74, 6) is 0.0126. The molecule has 114 valence electrons. The monoisotopic (exact) mass is 294 g/mol. The van der Waals surface area contributed by atoms with Crippen LogP contribution in [-0.4, -0.2) is 18.9 Å². The Labute approximate surface area is 132 Å². The van der Waals surface area contributed by atoms with Crippen molar-refractivity contribution in [2.24, 2.45) is 10.8 Å². The lowest BCUT2D eigenvalue weighted by atomic mass is 9.62. The molecule has 22 heavy (non-hydrogen) atoms. The van der Waals surface area contributed by atoms with E-state index in [1.54, 1.807) is 0 Å². The zero-order valence-corrected chi connectivity index (χ0v) is 13.3. The summed E-state index contributed by atoms with van der Waals surface area (Å²) in [4.78, 5) is 18.2. The average Bonchev–Trinajstić information content (AvgIpc) is 2.52. The van der Waals surface area contributed by atoms with Gasteiger partial charge < -0.3 is 9.69 Å². The Morgan fingerprint density at radius 1 is 1.14 bits per heavy atom. The van der Waals surface area contributed by atoms with Crippen LogP contribution in [-0.2, 0) is 4.79 Å². The van der Waals surface area contributed by atoms with Crippen molar-refractivity contribution in [3.8, 4) is 0 Å². The standard InChI is InChI=1S/C19H22N2O/c1-18(2)14-19(13-16(20-3)17(18)22)9-11-21(12-10-19)15-7-5-4-6-8-15/h4-8,13H,9-12,14H2,1-2H3. The molecular formula is C19H22N2O. The van der Waals surface area contributed by atoms with Gasteiger partial charge in [0.1, 0.15) is 0 Å². The molecule has 2 aliphatic rings. The van der Waals surface area contributed by atoms with Crippen molar-refractivity contribution in [3.05, 3.63) is 53.5 Å². The highest BCUT2D eigenvalue weighted by atomic mass is 16.1. The summed E-state index contributed by atoms with van der Waals surface area (Å²) in [5.41, 5.74) is 1.22. The molecule has 0 atom stereocenters. The molecule has 1 heterocycles. The number of nitrogens with zero attached hydrogens (tertiary/aromatic N) is 2. The topological polar surface area (TPSA) is 24.7 Å². The first kappa shape index (κ1) is 14.8. The van der Waals surface area contributed by atoms with Crippen LogP contribution in [0.1, 0.15) is 33.1 Å². The Hall–Kier alpha value is -2.08. The van der Waals surface area contributed by atoms with Crippen LogP contribution in [0.3, 0.4) is 0 Å². The Kier molecular flexibility index (Phi) is 3.56. The number of hydrogen-bond donors (Lipinski definition) is 0. The fourth-order valence-corrected chi connectivity index (χ4v) is 3.97. The molecule has 0 N–H and O–H groups in total. The van der Waals surface area contributed by atoms with E-state index in [1.807, 2.05) is 26.0 Å². The van der Waals surface area contributed by atoms with Crippen LogP contribution in [0.25, 0.3) is 4.85 Å². The van der Waals surface area contributed by atoms with Gasteiger partial charge in [-0.1, -0.05) is 38.1 Å². The summed E-state index contributed by atoms with van der Waals surface area (Å²) in [5, 5.41) is 0. The molecule has 3 heteroatoms. The summed E-state index contributed by atoms with van der Waals surface area (Å²) in [7, 11) is 0. The maximum Gasteiger partial charge on any atom is 0.226 e. The van der Waals surface area contributed by atoms with Gasteiger partial charge in [-0.15, -0.1) is 0 Å². The predicted molar refractivity (Wildman–Crippen MR) is 88.4 cm³/mol. The molecule has 3 nitrogen and oxygen atoms in total. The Morgan fingerprint density at radius 3 is 2.36 bits per heavy atom. The number of allylic oxidation sites excluding steroid dienone is 2. The van der Waals surface area contributed by atoms with Crippen molar-refractivity contribution >= 4 is 11.5 Å². The minimum absolute atomic E-state index is 0.0126. The first-order valence-corrected chi connectivity index (χ1v) is 7.91. The number of benzene rings is 1. The number of hydrogen-bond acceptors (Lipinski definition) is 2. The van der Waals surface area contributed by atoms with Gasteiger partial charge in [0.25, 0.3) is 0 Å². The number of carbonyl (C=O) groups excluding carboxylic acids is 1. The molecule has 1 aromatic carbocycles. The highest BCUT2D eigenvalue weighted by Gasteiger charge is 2.46. The lowest BCUT2D eigenvalue weighted by Crippen LogP contribution is -2.45. The third kappa shape index (κ3) is 2.54. The molecule has 1 spiro atoms.